The molecule has 0 spiro atoms. The second kappa shape index (κ2) is 5.41. The van der Waals surface area contributed by atoms with Gasteiger partial charge in [0.25, 0.3) is 0 Å². The zero-order chi connectivity index (χ0) is 13.2. The van der Waals surface area contributed by atoms with Crippen molar-refractivity contribution in [3.05, 3.63) is 18.0 Å². The predicted octanol–water partition coefficient (Wildman–Crippen LogP) is 2.28. The Bertz CT molecular complexity index is 390. The molecule has 0 saturated heterocycles. The number of hydrogen-bond donors (Lipinski definition) is 1. The van der Waals surface area contributed by atoms with E-state index in [1.54, 1.807) is 0 Å². The van der Waals surface area contributed by atoms with E-state index in [9.17, 15) is 0 Å². The highest BCUT2D eigenvalue weighted by Crippen LogP contribution is 2.42. The Hall–Kier alpha value is -0.870. The topological polar surface area (TPSA) is 39.1 Å². The van der Waals surface area contributed by atoms with E-state index in [2.05, 4.69) is 23.4 Å². The van der Waals surface area contributed by atoms with Gasteiger partial charge in [-0.2, -0.15) is 5.10 Å². The van der Waals surface area contributed by atoms with Gasteiger partial charge in [0.1, 0.15) is 0 Å². The number of methoxy groups -OCH3 is 1. The van der Waals surface area contributed by atoms with Gasteiger partial charge in [0.2, 0.25) is 0 Å². The second-order valence-electron chi connectivity index (χ2n) is 5.61. The molecule has 1 saturated carbocycles. The van der Waals surface area contributed by atoms with Crippen LogP contribution in [0.3, 0.4) is 0 Å². The van der Waals surface area contributed by atoms with Crippen LogP contribution in [0.5, 0.6) is 0 Å². The highest BCUT2D eigenvalue weighted by molar-refractivity contribution is 5.13. The van der Waals surface area contributed by atoms with E-state index in [0.717, 1.165) is 24.5 Å². The van der Waals surface area contributed by atoms with Crippen LogP contribution in [0, 0.1) is 5.92 Å². The average Bonchev–Trinajstić information content (AvgIpc) is 2.76. The molecule has 102 valence electrons. The minimum atomic E-state index is -0.110. The maximum atomic E-state index is 5.95. The van der Waals surface area contributed by atoms with Crippen LogP contribution in [0.1, 0.15) is 44.3 Å². The number of hydrogen-bond acceptors (Lipinski definition) is 3. The molecule has 0 aromatic carbocycles. The third-order valence-electron chi connectivity index (χ3n) is 4.24. The second-order valence-corrected chi connectivity index (χ2v) is 5.61. The van der Waals surface area contributed by atoms with E-state index in [1.807, 2.05) is 32.1 Å². The number of likely N-dealkylation sites (N-methyl/N-ethyl adjacent to an activating group) is 1. The number of nitrogens with zero attached hydrogens (tertiary/aromatic N) is 2. The largest absolute Gasteiger partial charge is 0.376 e. The van der Waals surface area contributed by atoms with Crippen molar-refractivity contribution in [3.63, 3.8) is 0 Å². The van der Waals surface area contributed by atoms with Gasteiger partial charge in [0.15, 0.2) is 0 Å². The Labute approximate surface area is 110 Å². The normalized spacial score (nSPS) is 30.3. The van der Waals surface area contributed by atoms with E-state index >= 15 is 0 Å². The van der Waals surface area contributed by atoms with Gasteiger partial charge in [-0.15, -0.1) is 0 Å². The summed E-state index contributed by atoms with van der Waals surface area (Å²) in [6.45, 7) is 2.32. The van der Waals surface area contributed by atoms with Crippen LogP contribution < -0.4 is 5.32 Å². The van der Waals surface area contributed by atoms with Gasteiger partial charge in [-0.25, -0.2) is 0 Å². The molecular weight excluding hydrogens is 226 g/mol. The van der Waals surface area contributed by atoms with Gasteiger partial charge in [-0.05, 0) is 31.9 Å². The Morgan fingerprint density at radius 1 is 1.61 bits per heavy atom. The van der Waals surface area contributed by atoms with Crippen molar-refractivity contribution in [2.45, 2.75) is 44.2 Å². The lowest BCUT2D eigenvalue weighted by atomic mass is 9.73. The van der Waals surface area contributed by atoms with Crippen molar-refractivity contribution in [2.75, 3.05) is 14.2 Å². The van der Waals surface area contributed by atoms with Crippen molar-refractivity contribution in [3.8, 4) is 0 Å². The molecule has 4 heteroatoms. The Kier molecular flexibility index (Phi) is 4.07. The monoisotopic (exact) mass is 251 g/mol. The molecule has 1 fully saturated rings. The average molecular weight is 251 g/mol. The standard InChI is InChI=1S/C14H25N3O/c1-11-6-5-8-14(10-11,18-4)13(15-2)12-7-9-17(3)16-12/h7,9,11,13,15H,5-6,8,10H2,1-4H3. The van der Waals surface area contributed by atoms with Gasteiger partial charge in [0.05, 0.1) is 17.3 Å². The van der Waals surface area contributed by atoms with Crippen LogP contribution in [-0.4, -0.2) is 29.5 Å². The molecule has 1 N–H and O–H groups in total. The molecule has 1 aliphatic carbocycles. The first-order valence-corrected chi connectivity index (χ1v) is 6.83. The maximum absolute atomic E-state index is 5.95. The maximum Gasteiger partial charge on any atom is 0.0891 e. The van der Waals surface area contributed by atoms with E-state index in [4.69, 9.17) is 4.74 Å². The summed E-state index contributed by atoms with van der Waals surface area (Å²) in [5, 5.41) is 7.96. The molecule has 1 aliphatic rings. The van der Waals surface area contributed by atoms with Crippen LogP contribution in [-0.2, 0) is 11.8 Å². The molecule has 0 bridgehead atoms. The summed E-state index contributed by atoms with van der Waals surface area (Å²) in [4.78, 5) is 0. The van der Waals surface area contributed by atoms with Crippen molar-refractivity contribution in [1.29, 1.82) is 0 Å². The third-order valence-corrected chi connectivity index (χ3v) is 4.24. The summed E-state index contributed by atoms with van der Waals surface area (Å²) in [5.74, 6) is 0.721. The molecule has 0 amide bonds. The van der Waals surface area contributed by atoms with Gasteiger partial charge in [-0.1, -0.05) is 19.8 Å². The zero-order valence-corrected chi connectivity index (χ0v) is 11.9. The first-order valence-electron chi connectivity index (χ1n) is 6.83. The van der Waals surface area contributed by atoms with E-state index in [1.165, 1.54) is 12.8 Å². The van der Waals surface area contributed by atoms with E-state index < -0.39 is 0 Å². The van der Waals surface area contributed by atoms with Crippen LogP contribution in [0.2, 0.25) is 0 Å². The summed E-state index contributed by atoms with van der Waals surface area (Å²) < 4.78 is 7.81. The van der Waals surface area contributed by atoms with Crippen LogP contribution in [0.15, 0.2) is 12.3 Å². The molecule has 3 unspecified atom stereocenters. The quantitative estimate of drug-likeness (QED) is 0.892. The molecule has 1 aromatic rings. The molecule has 4 nitrogen and oxygen atoms in total. The summed E-state index contributed by atoms with van der Waals surface area (Å²) in [7, 11) is 5.80. The molecule has 1 aromatic heterocycles. The number of aryl methyl sites for hydroxylation is 1. The number of ether oxygens (including phenoxy) is 1. The number of aromatic nitrogens is 2. The lowest BCUT2D eigenvalue weighted by Gasteiger charge is -2.43. The van der Waals surface area contributed by atoms with Crippen molar-refractivity contribution >= 4 is 0 Å². The van der Waals surface area contributed by atoms with Gasteiger partial charge < -0.3 is 10.1 Å². The molecule has 3 atom stereocenters. The fourth-order valence-corrected chi connectivity index (χ4v) is 3.38. The first-order chi connectivity index (χ1) is 8.61. The number of nitrogens with one attached hydrogen (secondary N) is 1. The lowest BCUT2D eigenvalue weighted by Crippen LogP contribution is -2.47. The fraction of sp³-hybridized carbons (Fsp3) is 0.786. The highest BCUT2D eigenvalue weighted by atomic mass is 16.5. The third kappa shape index (κ3) is 2.45. The summed E-state index contributed by atoms with van der Waals surface area (Å²) in [6, 6.07) is 2.26. The van der Waals surface area contributed by atoms with Gasteiger partial charge in [0, 0.05) is 20.4 Å². The van der Waals surface area contributed by atoms with Crippen LogP contribution in [0.25, 0.3) is 0 Å². The summed E-state index contributed by atoms with van der Waals surface area (Å²) >= 11 is 0. The predicted molar refractivity (Wildman–Crippen MR) is 72.4 cm³/mol. The van der Waals surface area contributed by atoms with E-state index in [0.29, 0.717) is 0 Å². The number of rotatable bonds is 4. The van der Waals surface area contributed by atoms with Crippen molar-refractivity contribution < 1.29 is 4.74 Å². The molecule has 0 radical (unpaired) electrons. The van der Waals surface area contributed by atoms with E-state index in [-0.39, 0.29) is 11.6 Å². The minimum absolute atomic E-state index is 0.110. The summed E-state index contributed by atoms with van der Waals surface area (Å²) in [6.07, 6.45) is 6.75. The fourth-order valence-electron chi connectivity index (χ4n) is 3.38. The molecule has 18 heavy (non-hydrogen) atoms. The van der Waals surface area contributed by atoms with Crippen LogP contribution >= 0.6 is 0 Å². The lowest BCUT2D eigenvalue weighted by molar-refractivity contribution is -0.0800. The Balaban J connectivity index is 2.28. The van der Waals surface area contributed by atoms with Crippen molar-refractivity contribution in [2.24, 2.45) is 13.0 Å². The molecular formula is C14H25N3O. The Morgan fingerprint density at radius 3 is 2.89 bits per heavy atom. The molecule has 1 heterocycles. The first kappa shape index (κ1) is 13.6. The highest BCUT2D eigenvalue weighted by Gasteiger charge is 2.43. The summed E-state index contributed by atoms with van der Waals surface area (Å²) in [5.41, 5.74) is 0.969. The van der Waals surface area contributed by atoms with Gasteiger partial charge >= 0.3 is 0 Å². The molecule has 0 aliphatic heterocycles. The Morgan fingerprint density at radius 2 is 2.39 bits per heavy atom. The van der Waals surface area contributed by atoms with Crippen LogP contribution in [0.4, 0.5) is 0 Å². The van der Waals surface area contributed by atoms with Gasteiger partial charge in [-0.3, -0.25) is 4.68 Å². The zero-order valence-electron chi connectivity index (χ0n) is 11.9. The minimum Gasteiger partial charge on any atom is -0.376 e. The SMILES string of the molecule is CNC(c1ccn(C)n1)C1(OC)CCCC(C)C1. The van der Waals surface area contributed by atoms with Crippen molar-refractivity contribution in [1.82, 2.24) is 15.1 Å². The smallest absolute Gasteiger partial charge is 0.0891 e. The molecule has 2 rings (SSSR count).